The molecule has 0 saturated carbocycles. The van der Waals surface area contributed by atoms with Crippen LogP contribution >= 0.6 is 0 Å². The molecule has 412 valence electrons. The van der Waals surface area contributed by atoms with Gasteiger partial charge >= 0.3 is 5.97 Å². The highest BCUT2D eigenvalue weighted by atomic mass is 16.5. The molecule has 0 rings (SSSR count). The van der Waals surface area contributed by atoms with Crippen LogP contribution in [0.15, 0.2) is 0 Å². The first kappa shape index (κ1) is 67.9. The molecule has 1 amide bonds. The van der Waals surface area contributed by atoms with E-state index in [0.29, 0.717) is 25.9 Å². The fourth-order valence-electron chi connectivity index (χ4n) is 10.3. The van der Waals surface area contributed by atoms with E-state index in [2.05, 4.69) is 19.2 Å². The lowest BCUT2D eigenvalue weighted by Crippen LogP contribution is -2.45. The van der Waals surface area contributed by atoms with Gasteiger partial charge in [0, 0.05) is 12.8 Å². The van der Waals surface area contributed by atoms with Crippen LogP contribution in [0.5, 0.6) is 0 Å². The Morgan fingerprint density at radius 1 is 0.348 bits per heavy atom. The third-order valence-electron chi connectivity index (χ3n) is 15.2. The predicted octanol–water partition coefficient (Wildman–Crippen LogP) is 19.9. The zero-order valence-electron chi connectivity index (χ0n) is 47.1. The summed E-state index contributed by atoms with van der Waals surface area (Å²) >= 11 is 0. The summed E-state index contributed by atoms with van der Waals surface area (Å²) < 4.78 is 5.49. The number of ether oxygens (including phenoxy) is 1. The Morgan fingerprint density at radius 3 is 0.884 bits per heavy atom. The van der Waals surface area contributed by atoms with Crippen molar-refractivity contribution < 1.29 is 24.5 Å². The molecule has 0 bridgehead atoms. The van der Waals surface area contributed by atoms with E-state index in [4.69, 9.17) is 4.74 Å². The van der Waals surface area contributed by atoms with E-state index in [1.807, 2.05) is 0 Å². The standard InChI is InChI=1S/C63H125NO5/c1-3-5-7-9-11-13-15-16-34-37-41-45-49-53-57-63(68)69-58-54-50-46-42-38-35-32-30-28-26-24-22-20-18-17-19-21-23-25-27-29-31-33-36-40-44-48-52-56-62(67)64-60(59-65)61(66)55-51-47-43-39-14-12-10-8-6-4-2/h60-61,65-66H,3-59H2,1-2H3,(H,64,67). The number of esters is 1. The Kier molecular flexibility index (Phi) is 58.4. The van der Waals surface area contributed by atoms with Gasteiger partial charge in [-0.05, 0) is 25.7 Å². The molecule has 0 saturated heterocycles. The number of hydrogen-bond acceptors (Lipinski definition) is 5. The van der Waals surface area contributed by atoms with Crippen LogP contribution in [0, 0.1) is 0 Å². The summed E-state index contributed by atoms with van der Waals surface area (Å²) in [6.07, 6.45) is 69.9. The van der Waals surface area contributed by atoms with Crippen molar-refractivity contribution in [2.24, 2.45) is 0 Å². The van der Waals surface area contributed by atoms with Crippen LogP contribution in [0.25, 0.3) is 0 Å². The van der Waals surface area contributed by atoms with Crippen molar-refractivity contribution in [2.45, 2.75) is 379 Å². The number of hydrogen-bond donors (Lipinski definition) is 3. The lowest BCUT2D eigenvalue weighted by atomic mass is 10.0. The van der Waals surface area contributed by atoms with E-state index >= 15 is 0 Å². The van der Waals surface area contributed by atoms with Gasteiger partial charge in [0.05, 0.1) is 25.4 Å². The molecule has 6 nitrogen and oxygen atoms in total. The van der Waals surface area contributed by atoms with Crippen LogP contribution in [0.1, 0.15) is 367 Å². The summed E-state index contributed by atoms with van der Waals surface area (Å²) in [6, 6.07) is -0.536. The Balaban J connectivity index is 3.29. The van der Waals surface area contributed by atoms with Crippen LogP contribution in [0.4, 0.5) is 0 Å². The van der Waals surface area contributed by atoms with Gasteiger partial charge in [0.2, 0.25) is 5.91 Å². The van der Waals surface area contributed by atoms with Crippen LogP contribution in [-0.2, 0) is 14.3 Å². The normalized spacial score (nSPS) is 12.5. The Hall–Kier alpha value is -1.14. The molecule has 0 aromatic carbocycles. The minimum Gasteiger partial charge on any atom is -0.466 e. The van der Waals surface area contributed by atoms with Crippen LogP contribution in [0.2, 0.25) is 0 Å². The van der Waals surface area contributed by atoms with E-state index in [1.54, 1.807) is 0 Å². The largest absolute Gasteiger partial charge is 0.466 e. The van der Waals surface area contributed by atoms with Crippen molar-refractivity contribution in [3.63, 3.8) is 0 Å². The van der Waals surface area contributed by atoms with Gasteiger partial charge in [-0.15, -0.1) is 0 Å². The van der Waals surface area contributed by atoms with Crippen molar-refractivity contribution in [1.29, 1.82) is 0 Å². The Bertz CT molecular complexity index is 990. The summed E-state index contributed by atoms with van der Waals surface area (Å²) in [7, 11) is 0. The first-order valence-corrected chi connectivity index (χ1v) is 31.8. The van der Waals surface area contributed by atoms with Gasteiger partial charge in [0.1, 0.15) is 0 Å². The maximum atomic E-state index is 12.4. The van der Waals surface area contributed by atoms with Crippen molar-refractivity contribution in [2.75, 3.05) is 13.2 Å². The molecule has 0 fully saturated rings. The van der Waals surface area contributed by atoms with Gasteiger partial charge < -0.3 is 20.3 Å². The average Bonchev–Trinajstić information content (AvgIpc) is 3.35. The molecule has 6 heteroatoms. The zero-order valence-corrected chi connectivity index (χ0v) is 47.1. The molecule has 2 unspecified atom stereocenters. The third-order valence-corrected chi connectivity index (χ3v) is 15.2. The van der Waals surface area contributed by atoms with Crippen LogP contribution < -0.4 is 5.32 Å². The molecule has 0 aromatic rings. The fraction of sp³-hybridized carbons (Fsp3) is 0.968. The minimum atomic E-state index is -0.659. The molecule has 0 aromatic heterocycles. The lowest BCUT2D eigenvalue weighted by Gasteiger charge is -2.22. The zero-order chi connectivity index (χ0) is 50.0. The first-order valence-electron chi connectivity index (χ1n) is 31.8. The maximum absolute atomic E-state index is 12.4. The highest BCUT2D eigenvalue weighted by molar-refractivity contribution is 5.76. The Labute approximate surface area is 432 Å². The second-order valence-electron chi connectivity index (χ2n) is 22.1. The maximum Gasteiger partial charge on any atom is 0.305 e. The molecule has 0 radical (unpaired) electrons. The summed E-state index contributed by atoms with van der Waals surface area (Å²) in [5.74, 6) is -0.00951. The monoisotopic (exact) mass is 976 g/mol. The van der Waals surface area contributed by atoms with Crippen molar-refractivity contribution in [3.05, 3.63) is 0 Å². The summed E-state index contributed by atoms with van der Waals surface area (Å²) in [6.45, 7) is 4.97. The van der Waals surface area contributed by atoms with E-state index in [1.165, 1.54) is 295 Å². The smallest absolute Gasteiger partial charge is 0.305 e. The second kappa shape index (κ2) is 59.4. The highest BCUT2D eigenvalue weighted by Gasteiger charge is 2.20. The van der Waals surface area contributed by atoms with E-state index in [0.717, 1.165) is 38.5 Å². The first-order chi connectivity index (χ1) is 34.0. The number of nitrogens with one attached hydrogen (secondary N) is 1. The molecular weight excluding hydrogens is 851 g/mol. The number of rotatable bonds is 60. The van der Waals surface area contributed by atoms with Crippen molar-refractivity contribution in [3.8, 4) is 0 Å². The Morgan fingerprint density at radius 2 is 0.594 bits per heavy atom. The van der Waals surface area contributed by atoms with Gasteiger partial charge in [0.15, 0.2) is 0 Å². The molecule has 3 N–H and O–H groups in total. The van der Waals surface area contributed by atoms with Gasteiger partial charge in [-0.25, -0.2) is 0 Å². The molecule has 2 atom stereocenters. The van der Waals surface area contributed by atoms with Gasteiger partial charge in [-0.1, -0.05) is 328 Å². The molecule has 69 heavy (non-hydrogen) atoms. The van der Waals surface area contributed by atoms with Gasteiger partial charge in [-0.3, -0.25) is 9.59 Å². The number of aliphatic hydroxyl groups excluding tert-OH is 2. The van der Waals surface area contributed by atoms with E-state index in [9.17, 15) is 19.8 Å². The quantitative estimate of drug-likeness (QED) is 0.0417. The van der Waals surface area contributed by atoms with Crippen molar-refractivity contribution in [1.82, 2.24) is 5.32 Å². The van der Waals surface area contributed by atoms with Gasteiger partial charge in [-0.2, -0.15) is 0 Å². The van der Waals surface area contributed by atoms with E-state index in [-0.39, 0.29) is 18.5 Å². The minimum absolute atomic E-state index is 0.0218. The number of aliphatic hydroxyl groups is 2. The molecular formula is C63H125NO5. The van der Waals surface area contributed by atoms with E-state index < -0.39 is 12.1 Å². The van der Waals surface area contributed by atoms with Gasteiger partial charge in [0.25, 0.3) is 0 Å². The molecule has 0 aliphatic heterocycles. The number of unbranched alkanes of at least 4 members (excludes halogenated alkanes) is 49. The summed E-state index contributed by atoms with van der Waals surface area (Å²) in [5, 5.41) is 23.2. The SMILES string of the molecule is CCCCCCCCCCCCCCCCC(=O)OCCCCCCCCCCCCCCCCCCCCCCCCCCCCCCC(=O)NC(CO)C(O)CCCCCCCCCCCC. The molecule has 0 heterocycles. The second-order valence-corrected chi connectivity index (χ2v) is 22.1. The summed E-state index contributed by atoms with van der Waals surface area (Å²) in [4.78, 5) is 24.5. The number of carbonyl (C=O) groups excluding carboxylic acids is 2. The molecule has 0 aliphatic rings. The number of carbonyl (C=O) groups is 2. The van der Waals surface area contributed by atoms with Crippen LogP contribution in [0.3, 0.4) is 0 Å². The average molecular weight is 977 g/mol. The topological polar surface area (TPSA) is 95.9 Å². The molecule has 0 spiro atoms. The molecule has 0 aliphatic carbocycles. The lowest BCUT2D eigenvalue weighted by molar-refractivity contribution is -0.143. The predicted molar refractivity (Wildman–Crippen MR) is 301 cm³/mol. The third kappa shape index (κ3) is 56.0. The fourth-order valence-corrected chi connectivity index (χ4v) is 10.3. The summed E-state index contributed by atoms with van der Waals surface area (Å²) in [5.41, 5.74) is 0. The van der Waals surface area contributed by atoms with Crippen LogP contribution in [-0.4, -0.2) is 47.4 Å². The van der Waals surface area contributed by atoms with Crippen molar-refractivity contribution >= 4 is 11.9 Å². The highest BCUT2D eigenvalue weighted by Crippen LogP contribution is 2.19. The number of amides is 1.